The highest BCUT2D eigenvalue weighted by atomic mass is 19.1. The van der Waals surface area contributed by atoms with E-state index in [1.807, 2.05) is 6.07 Å². The van der Waals surface area contributed by atoms with E-state index < -0.39 is 17.8 Å². The zero-order chi connectivity index (χ0) is 23.4. The lowest BCUT2D eigenvalue weighted by atomic mass is 9.98. The van der Waals surface area contributed by atoms with Crippen LogP contribution in [0, 0.1) is 18.6 Å². The van der Waals surface area contributed by atoms with Gasteiger partial charge in [0.1, 0.15) is 11.6 Å². The summed E-state index contributed by atoms with van der Waals surface area (Å²) in [5, 5.41) is 19.6. The van der Waals surface area contributed by atoms with Gasteiger partial charge in [-0.1, -0.05) is 12.1 Å². The Balaban J connectivity index is 1.65. The summed E-state index contributed by atoms with van der Waals surface area (Å²) in [4.78, 5) is 17.3. The topological polar surface area (TPSA) is 90.9 Å². The molecule has 0 radical (unpaired) electrons. The highest BCUT2D eigenvalue weighted by Crippen LogP contribution is 2.33. The number of aromatic nitrogens is 3. The number of H-pyrrole nitrogens is 1. The summed E-state index contributed by atoms with van der Waals surface area (Å²) in [5.41, 5.74) is 3.05. The fourth-order valence-corrected chi connectivity index (χ4v) is 3.69. The maximum atomic E-state index is 15.0. The van der Waals surface area contributed by atoms with E-state index in [1.165, 1.54) is 30.3 Å². The number of rotatable bonds is 7. The van der Waals surface area contributed by atoms with Crippen molar-refractivity contribution in [2.45, 2.75) is 19.4 Å². The Kier molecular flexibility index (Phi) is 6.55. The maximum absolute atomic E-state index is 15.0. The van der Waals surface area contributed by atoms with Crippen molar-refractivity contribution in [1.82, 2.24) is 20.5 Å². The van der Waals surface area contributed by atoms with E-state index in [4.69, 9.17) is 0 Å². The smallest absolute Gasteiger partial charge is 0.252 e. The van der Waals surface area contributed by atoms with Crippen LogP contribution in [0.1, 0.15) is 21.6 Å². The van der Waals surface area contributed by atoms with E-state index in [0.717, 1.165) is 0 Å². The first-order chi connectivity index (χ1) is 16.0. The van der Waals surface area contributed by atoms with Crippen molar-refractivity contribution >= 4 is 5.91 Å². The second-order valence-corrected chi connectivity index (χ2v) is 7.62. The fourth-order valence-electron chi connectivity index (χ4n) is 3.69. The number of nitrogens with one attached hydrogen (secondary N) is 2. The summed E-state index contributed by atoms with van der Waals surface area (Å²) in [6, 6.07) is 14.8. The minimum absolute atomic E-state index is 0.0721. The van der Waals surface area contributed by atoms with Crippen molar-refractivity contribution in [1.29, 1.82) is 0 Å². The average Bonchev–Trinajstić information content (AvgIpc) is 3.20. The van der Waals surface area contributed by atoms with Crippen LogP contribution in [0.25, 0.3) is 22.5 Å². The molecule has 0 saturated heterocycles. The predicted molar refractivity (Wildman–Crippen MR) is 120 cm³/mol. The molecule has 0 aliphatic carbocycles. The van der Waals surface area contributed by atoms with Gasteiger partial charge in [-0.2, -0.15) is 5.10 Å². The van der Waals surface area contributed by atoms with Gasteiger partial charge in [0.15, 0.2) is 0 Å². The number of aromatic amines is 1. The second kappa shape index (κ2) is 9.70. The highest BCUT2D eigenvalue weighted by Gasteiger charge is 2.23. The number of hydrogen-bond acceptors (Lipinski definition) is 4. The Labute approximate surface area is 189 Å². The van der Waals surface area contributed by atoms with Crippen LogP contribution in [0.3, 0.4) is 0 Å². The quantitative estimate of drug-likeness (QED) is 0.398. The van der Waals surface area contributed by atoms with E-state index in [1.54, 1.807) is 37.4 Å². The first kappa shape index (κ1) is 22.3. The number of carbonyl (C=O) groups is 1. The minimum Gasteiger partial charge on any atom is -0.394 e. The molecule has 1 amide bonds. The molecule has 6 nitrogen and oxygen atoms in total. The number of aliphatic hydroxyl groups excluding tert-OH is 1. The molecule has 0 aliphatic rings. The lowest BCUT2D eigenvalue weighted by molar-refractivity contribution is 0.0916. The third kappa shape index (κ3) is 4.80. The first-order valence-corrected chi connectivity index (χ1v) is 10.4. The number of amides is 1. The molecule has 33 heavy (non-hydrogen) atoms. The molecular weight excluding hydrogens is 426 g/mol. The van der Waals surface area contributed by atoms with Crippen molar-refractivity contribution in [3.63, 3.8) is 0 Å². The van der Waals surface area contributed by atoms with Crippen molar-refractivity contribution in [2.24, 2.45) is 0 Å². The van der Waals surface area contributed by atoms with Gasteiger partial charge in [0.05, 0.1) is 29.6 Å². The summed E-state index contributed by atoms with van der Waals surface area (Å²) >= 11 is 0. The second-order valence-electron chi connectivity index (χ2n) is 7.62. The number of pyridine rings is 1. The van der Waals surface area contributed by atoms with Crippen molar-refractivity contribution in [2.75, 3.05) is 6.61 Å². The summed E-state index contributed by atoms with van der Waals surface area (Å²) in [6.07, 6.45) is 1.96. The van der Waals surface area contributed by atoms with Crippen LogP contribution in [0.2, 0.25) is 0 Å². The Morgan fingerprint density at radius 2 is 1.88 bits per heavy atom. The number of carbonyl (C=O) groups excluding carboxylic acids is 1. The molecule has 3 N–H and O–H groups in total. The monoisotopic (exact) mass is 448 g/mol. The van der Waals surface area contributed by atoms with Crippen LogP contribution in [-0.4, -0.2) is 38.8 Å². The van der Waals surface area contributed by atoms with Crippen molar-refractivity contribution < 1.29 is 18.7 Å². The van der Waals surface area contributed by atoms with Gasteiger partial charge in [-0.25, -0.2) is 8.78 Å². The molecule has 168 valence electrons. The Morgan fingerprint density at radius 3 is 2.58 bits per heavy atom. The third-order valence-corrected chi connectivity index (χ3v) is 5.37. The summed E-state index contributed by atoms with van der Waals surface area (Å²) in [7, 11) is 0. The van der Waals surface area contributed by atoms with Crippen molar-refractivity contribution in [3.8, 4) is 22.5 Å². The molecule has 1 atom stereocenters. The lowest BCUT2D eigenvalue weighted by Gasteiger charge is -2.17. The molecule has 0 aliphatic heterocycles. The Hall–Kier alpha value is -3.91. The van der Waals surface area contributed by atoms with Gasteiger partial charge in [-0.3, -0.25) is 14.9 Å². The highest BCUT2D eigenvalue weighted by molar-refractivity contribution is 6.01. The SMILES string of the molecule is Cc1c(-c2ccc(F)cc2)n[nH]c1-c1c(F)cccc1C(=O)N[C@@H](CO)Cc1ccccn1. The number of benzene rings is 2. The van der Waals surface area contributed by atoms with E-state index in [-0.39, 0.29) is 23.6 Å². The van der Waals surface area contributed by atoms with Crippen LogP contribution in [-0.2, 0) is 6.42 Å². The normalized spacial score (nSPS) is 11.9. The standard InChI is InChI=1S/C25H22F2N4O2/c1-15-23(16-8-10-17(26)11-9-16)30-31-24(15)22-20(6-4-7-21(22)27)25(33)29-19(14-32)13-18-5-2-3-12-28-18/h2-12,19,32H,13-14H2,1H3,(H,29,33)(H,30,31)/t19-/m1/s1. The summed E-state index contributed by atoms with van der Waals surface area (Å²) in [6.45, 7) is 1.45. The van der Waals surface area contributed by atoms with Gasteiger partial charge in [0, 0.05) is 35.0 Å². The molecule has 2 aromatic carbocycles. The molecule has 8 heteroatoms. The van der Waals surface area contributed by atoms with E-state index in [0.29, 0.717) is 34.6 Å². The predicted octanol–water partition coefficient (Wildman–Crippen LogP) is 4.06. The Bertz CT molecular complexity index is 1260. The van der Waals surface area contributed by atoms with E-state index >= 15 is 0 Å². The molecule has 0 bridgehead atoms. The number of halogens is 2. The molecule has 0 spiro atoms. The number of aliphatic hydroxyl groups is 1. The number of hydrogen-bond donors (Lipinski definition) is 3. The van der Waals surface area contributed by atoms with E-state index in [2.05, 4.69) is 20.5 Å². The average molecular weight is 448 g/mol. The molecule has 4 rings (SSSR count). The summed E-state index contributed by atoms with van der Waals surface area (Å²) in [5.74, 6) is -1.49. The lowest BCUT2D eigenvalue weighted by Crippen LogP contribution is -2.39. The van der Waals surface area contributed by atoms with Crippen LogP contribution in [0.4, 0.5) is 8.78 Å². The van der Waals surface area contributed by atoms with Gasteiger partial charge in [0.2, 0.25) is 0 Å². The molecule has 2 aromatic heterocycles. The molecule has 0 fully saturated rings. The first-order valence-electron chi connectivity index (χ1n) is 10.4. The molecule has 4 aromatic rings. The number of nitrogens with zero attached hydrogens (tertiary/aromatic N) is 2. The van der Waals surface area contributed by atoms with Gasteiger partial charge >= 0.3 is 0 Å². The van der Waals surface area contributed by atoms with Gasteiger partial charge in [0.25, 0.3) is 5.91 Å². The fraction of sp³-hybridized carbons (Fsp3) is 0.160. The molecule has 0 saturated carbocycles. The third-order valence-electron chi connectivity index (χ3n) is 5.37. The van der Waals surface area contributed by atoms with Gasteiger partial charge in [-0.05, 0) is 55.5 Å². The zero-order valence-electron chi connectivity index (χ0n) is 17.8. The Morgan fingerprint density at radius 1 is 1.09 bits per heavy atom. The minimum atomic E-state index is -0.596. The van der Waals surface area contributed by atoms with Crippen LogP contribution in [0.15, 0.2) is 66.9 Å². The van der Waals surface area contributed by atoms with E-state index in [9.17, 15) is 18.7 Å². The maximum Gasteiger partial charge on any atom is 0.252 e. The van der Waals surface area contributed by atoms with Crippen LogP contribution >= 0.6 is 0 Å². The molecular formula is C25H22F2N4O2. The summed E-state index contributed by atoms with van der Waals surface area (Å²) < 4.78 is 28.3. The molecule has 0 unspecified atom stereocenters. The van der Waals surface area contributed by atoms with Crippen molar-refractivity contribution in [3.05, 3.63) is 95.3 Å². The van der Waals surface area contributed by atoms with Crippen LogP contribution in [0.5, 0.6) is 0 Å². The van der Waals surface area contributed by atoms with Gasteiger partial charge in [-0.15, -0.1) is 0 Å². The zero-order valence-corrected chi connectivity index (χ0v) is 17.8. The largest absolute Gasteiger partial charge is 0.394 e. The van der Waals surface area contributed by atoms with Crippen LogP contribution < -0.4 is 5.32 Å². The van der Waals surface area contributed by atoms with Gasteiger partial charge < -0.3 is 10.4 Å². The molecule has 2 heterocycles.